The van der Waals surface area contributed by atoms with Gasteiger partial charge >= 0.3 is 0 Å². The Bertz CT molecular complexity index is 501. The summed E-state index contributed by atoms with van der Waals surface area (Å²) in [7, 11) is 1.53. The minimum atomic E-state index is 0.183. The Kier molecular flexibility index (Phi) is 3.20. The zero-order valence-electron chi connectivity index (χ0n) is 8.67. The van der Waals surface area contributed by atoms with Gasteiger partial charge in [-0.25, -0.2) is 4.98 Å². The number of anilines is 1. The number of nitrogens with two attached hydrogens (primary N) is 1. The van der Waals surface area contributed by atoms with Crippen molar-refractivity contribution in [3.8, 4) is 5.88 Å². The molecule has 2 aromatic rings. The van der Waals surface area contributed by atoms with Crippen LogP contribution in [0.15, 0.2) is 15.4 Å². The van der Waals surface area contributed by atoms with Gasteiger partial charge < -0.3 is 10.5 Å². The second kappa shape index (κ2) is 4.62. The second-order valence-electron chi connectivity index (χ2n) is 2.80. The maximum atomic E-state index is 5.55. The molecule has 2 aromatic heterocycles. The minimum Gasteiger partial charge on any atom is -0.481 e. The Hall–Kier alpha value is -1.41. The first-order valence-corrected chi connectivity index (χ1v) is 5.97. The Labute approximate surface area is 100 Å². The van der Waals surface area contributed by atoms with Crippen molar-refractivity contribution in [2.45, 2.75) is 16.3 Å². The quantitative estimate of drug-likeness (QED) is 0.829. The van der Waals surface area contributed by atoms with Gasteiger partial charge in [0.25, 0.3) is 0 Å². The predicted molar refractivity (Wildman–Crippen MR) is 61.8 cm³/mol. The van der Waals surface area contributed by atoms with E-state index in [-0.39, 0.29) is 5.95 Å². The van der Waals surface area contributed by atoms with Crippen LogP contribution < -0.4 is 10.5 Å². The molecule has 0 amide bonds. The molecule has 2 rings (SSSR count). The first kappa shape index (κ1) is 11.1. The van der Waals surface area contributed by atoms with Crippen LogP contribution in [0.2, 0.25) is 0 Å². The third-order valence-electron chi connectivity index (χ3n) is 1.60. The minimum absolute atomic E-state index is 0.183. The van der Waals surface area contributed by atoms with Gasteiger partial charge in [0.1, 0.15) is 10.0 Å². The molecule has 16 heavy (non-hydrogen) atoms. The number of nitrogen functional groups attached to an aromatic ring is 1. The lowest BCUT2D eigenvalue weighted by Gasteiger charge is -2.01. The van der Waals surface area contributed by atoms with Crippen LogP contribution in [0.5, 0.6) is 5.88 Å². The summed E-state index contributed by atoms with van der Waals surface area (Å²) in [5.74, 6) is 0.624. The topological polar surface area (TPSA) is 86.8 Å². The fraction of sp³-hybridized carbons (Fsp3) is 0.250. The number of hydrogen-bond donors (Lipinski definition) is 1. The van der Waals surface area contributed by atoms with Crippen LogP contribution in [0.25, 0.3) is 0 Å². The van der Waals surface area contributed by atoms with Crippen LogP contribution in [-0.4, -0.2) is 27.3 Å². The maximum absolute atomic E-state index is 5.55. The Morgan fingerprint density at radius 1 is 1.38 bits per heavy atom. The molecule has 0 bridgehead atoms. The van der Waals surface area contributed by atoms with E-state index < -0.39 is 0 Å². The number of nitrogens with zero attached hydrogens (tertiary/aromatic N) is 4. The average molecular weight is 255 g/mol. The van der Waals surface area contributed by atoms with Crippen LogP contribution in [-0.2, 0) is 0 Å². The molecule has 0 aliphatic carbocycles. The monoisotopic (exact) mass is 255 g/mol. The molecule has 0 aliphatic heterocycles. The first-order valence-electron chi connectivity index (χ1n) is 4.34. The van der Waals surface area contributed by atoms with Gasteiger partial charge in [-0.3, -0.25) is 0 Å². The lowest BCUT2D eigenvalue weighted by atomic mass is 10.6. The smallest absolute Gasteiger partial charge is 0.224 e. The van der Waals surface area contributed by atoms with Crippen molar-refractivity contribution in [1.29, 1.82) is 0 Å². The van der Waals surface area contributed by atoms with E-state index in [1.807, 2.05) is 6.92 Å². The fourth-order valence-electron chi connectivity index (χ4n) is 0.987. The van der Waals surface area contributed by atoms with Crippen molar-refractivity contribution < 1.29 is 4.74 Å². The first-order chi connectivity index (χ1) is 7.67. The van der Waals surface area contributed by atoms with Crippen molar-refractivity contribution in [3.63, 3.8) is 0 Å². The zero-order chi connectivity index (χ0) is 11.5. The summed E-state index contributed by atoms with van der Waals surface area (Å²) >= 11 is 2.89. The summed E-state index contributed by atoms with van der Waals surface area (Å²) in [4.78, 5) is 7.97. The predicted octanol–water partition coefficient (Wildman–Crippen LogP) is 1.38. The number of rotatable bonds is 3. The molecule has 8 heteroatoms. The van der Waals surface area contributed by atoms with E-state index in [0.29, 0.717) is 10.9 Å². The van der Waals surface area contributed by atoms with Crippen LogP contribution >= 0.6 is 23.1 Å². The van der Waals surface area contributed by atoms with Crippen molar-refractivity contribution in [2.24, 2.45) is 0 Å². The summed E-state index contributed by atoms with van der Waals surface area (Å²) < 4.78 is 5.82. The highest BCUT2D eigenvalue weighted by Crippen LogP contribution is 2.30. The lowest BCUT2D eigenvalue weighted by molar-refractivity contribution is 0.396. The molecule has 0 atom stereocenters. The van der Waals surface area contributed by atoms with Gasteiger partial charge in [0, 0.05) is 6.07 Å². The summed E-state index contributed by atoms with van der Waals surface area (Å²) in [5.41, 5.74) is 5.55. The van der Waals surface area contributed by atoms with E-state index in [2.05, 4.69) is 20.2 Å². The Morgan fingerprint density at radius 2 is 2.19 bits per heavy atom. The highest BCUT2D eigenvalue weighted by Gasteiger charge is 2.07. The van der Waals surface area contributed by atoms with Crippen LogP contribution in [0.3, 0.4) is 0 Å². The van der Waals surface area contributed by atoms with Crippen molar-refractivity contribution in [3.05, 3.63) is 11.1 Å². The molecule has 0 saturated carbocycles. The van der Waals surface area contributed by atoms with Crippen molar-refractivity contribution >= 4 is 29.0 Å². The van der Waals surface area contributed by atoms with E-state index >= 15 is 0 Å². The second-order valence-corrected chi connectivity index (χ2v) is 5.24. The van der Waals surface area contributed by atoms with Gasteiger partial charge in [-0.1, -0.05) is 11.3 Å². The van der Waals surface area contributed by atoms with E-state index in [4.69, 9.17) is 10.5 Å². The van der Waals surface area contributed by atoms with Gasteiger partial charge in [-0.05, 0) is 18.7 Å². The number of methoxy groups -OCH3 is 1. The lowest BCUT2D eigenvalue weighted by Crippen LogP contribution is -1.98. The third-order valence-corrected chi connectivity index (χ3v) is 3.41. The molecule has 0 aromatic carbocycles. The Balaban J connectivity index is 2.24. The SMILES string of the molecule is COc1cc(Sc2nnc(C)s2)nc(N)n1. The standard InChI is InChI=1S/C8H9N5OS2/c1-4-12-13-8(15-4)16-6-3-5(14-2)10-7(9)11-6/h3H,1-2H3,(H2,9,10,11). The van der Waals surface area contributed by atoms with Crippen LogP contribution in [0.1, 0.15) is 5.01 Å². The van der Waals surface area contributed by atoms with Crippen LogP contribution in [0.4, 0.5) is 5.95 Å². The van der Waals surface area contributed by atoms with Crippen molar-refractivity contribution in [1.82, 2.24) is 20.2 Å². The molecule has 0 radical (unpaired) electrons. The van der Waals surface area contributed by atoms with Gasteiger partial charge in [0.15, 0.2) is 4.34 Å². The third kappa shape index (κ3) is 2.58. The molecule has 0 aliphatic rings. The maximum Gasteiger partial charge on any atom is 0.224 e. The number of hydrogen-bond acceptors (Lipinski definition) is 8. The van der Waals surface area contributed by atoms with E-state index in [1.54, 1.807) is 6.07 Å². The summed E-state index contributed by atoms with van der Waals surface area (Å²) in [6.45, 7) is 1.90. The van der Waals surface area contributed by atoms with Crippen molar-refractivity contribution in [2.75, 3.05) is 12.8 Å². The summed E-state index contributed by atoms with van der Waals surface area (Å²) in [6, 6.07) is 1.71. The summed E-state index contributed by atoms with van der Waals surface area (Å²) in [6.07, 6.45) is 0. The molecule has 0 unspecified atom stereocenters. The normalized spacial score (nSPS) is 10.4. The molecule has 0 fully saturated rings. The molecule has 2 N–H and O–H groups in total. The molecule has 0 spiro atoms. The number of ether oxygens (including phenoxy) is 1. The molecule has 84 valence electrons. The van der Waals surface area contributed by atoms with E-state index in [0.717, 1.165) is 9.35 Å². The number of aromatic nitrogens is 4. The highest BCUT2D eigenvalue weighted by atomic mass is 32.2. The molecule has 2 heterocycles. The van der Waals surface area contributed by atoms with Gasteiger partial charge in [-0.15, -0.1) is 10.2 Å². The molecular weight excluding hydrogens is 246 g/mol. The fourth-order valence-corrected chi connectivity index (χ4v) is 2.75. The van der Waals surface area contributed by atoms with Gasteiger partial charge in [0.2, 0.25) is 11.8 Å². The van der Waals surface area contributed by atoms with E-state index in [1.165, 1.54) is 30.2 Å². The highest BCUT2D eigenvalue weighted by molar-refractivity contribution is 8.01. The Morgan fingerprint density at radius 3 is 2.81 bits per heavy atom. The molecule has 0 saturated heterocycles. The van der Waals surface area contributed by atoms with E-state index in [9.17, 15) is 0 Å². The molecule has 6 nitrogen and oxygen atoms in total. The van der Waals surface area contributed by atoms with Gasteiger partial charge in [0.05, 0.1) is 7.11 Å². The molecular formula is C8H9N5OS2. The average Bonchev–Trinajstić information content (AvgIpc) is 2.63. The number of aryl methyl sites for hydroxylation is 1. The van der Waals surface area contributed by atoms with Gasteiger partial charge in [-0.2, -0.15) is 4.98 Å². The zero-order valence-corrected chi connectivity index (χ0v) is 10.3. The summed E-state index contributed by atoms with van der Waals surface area (Å²) in [5, 5.41) is 9.51. The van der Waals surface area contributed by atoms with Crippen LogP contribution in [0, 0.1) is 6.92 Å². The largest absolute Gasteiger partial charge is 0.481 e.